The van der Waals surface area contributed by atoms with Crippen molar-refractivity contribution in [3.8, 4) is 11.4 Å². The van der Waals surface area contributed by atoms with E-state index < -0.39 is 17.6 Å². The molecule has 4 rings (SSSR count). The number of nitrogens with one attached hydrogen (secondary N) is 3. The van der Waals surface area contributed by atoms with E-state index >= 15 is 0 Å². The zero-order valence-corrected chi connectivity index (χ0v) is 12.4. The van der Waals surface area contributed by atoms with Gasteiger partial charge in [-0.05, 0) is 24.3 Å². The number of hydrogen-bond acceptors (Lipinski definition) is 6. The standard InChI is InChI=1S/C15H10F3N5O2/c16-15(17,18)11-4-2-8-6-19-10-5-7(13-22-14(24)25-23-13)1-3-9(10)20-12(8)21-11/h1-5,19H,6H2,(H,20,21)(H,22,23,24). The third kappa shape index (κ3) is 2.82. The van der Waals surface area contributed by atoms with Gasteiger partial charge in [-0.2, -0.15) is 13.2 Å². The van der Waals surface area contributed by atoms with E-state index in [4.69, 9.17) is 0 Å². The lowest BCUT2D eigenvalue weighted by Crippen LogP contribution is -2.10. The van der Waals surface area contributed by atoms with Crippen LogP contribution in [0.1, 0.15) is 11.3 Å². The van der Waals surface area contributed by atoms with Crippen molar-refractivity contribution in [1.82, 2.24) is 15.1 Å². The van der Waals surface area contributed by atoms with E-state index in [2.05, 4.69) is 30.3 Å². The quantitative estimate of drug-likeness (QED) is 0.625. The minimum absolute atomic E-state index is 0.142. The third-order valence-corrected chi connectivity index (χ3v) is 3.72. The molecular formula is C15H10F3N5O2. The van der Waals surface area contributed by atoms with E-state index in [1.165, 1.54) is 6.07 Å². The topological polar surface area (TPSA) is 95.8 Å². The molecule has 0 atom stereocenters. The Labute approximate surface area is 137 Å². The molecule has 10 heteroatoms. The fraction of sp³-hybridized carbons (Fsp3) is 0.133. The Kier molecular flexibility index (Phi) is 3.27. The lowest BCUT2D eigenvalue weighted by molar-refractivity contribution is -0.141. The lowest BCUT2D eigenvalue weighted by Gasteiger charge is -2.11. The van der Waals surface area contributed by atoms with Crippen LogP contribution in [0.3, 0.4) is 0 Å². The Morgan fingerprint density at radius 1 is 1.12 bits per heavy atom. The van der Waals surface area contributed by atoms with Crippen molar-refractivity contribution in [2.24, 2.45) is 0 Å². The van der Waals surface area contributed by atoms with E-state index in [9.17, 15) is 18.0 Å². The predicted octanol–water partition coefficient (Wildman–Crippen LogP) is 3.11. The molecule has 0 radical (unpaired) electrons. The summed E-state index contributed by atoms with van der Waals surface area (Å²) < 4.78 is 43.0. The second-order valence-electron chi connectivity index (χ2n) is 5.38. The maximum absolute atomic E-state index is 12.8. The van der Waals surface area contributed by atoms with E-state index in [1.807, 2.05) is 0 Å². The van der Waals surface area contributed by atoms with Crippen molar-refractivity contribution in [3.63, 3.8) is 0 Å². The number of aromatic nitrogens is 3. The Morgan fingerprint density at radius 2 is 1.96 bits per heavy atom. The first-order valence-electron chi connectivity index (χ1n) is 7.18. The van der Waals surface area contributed by atoms with Crippen LogP contribution in [0, 0.1) is 0 Å². The molecule has 3 aromatic rings. The van der Waals surface area contributed by atoms with Gasteiger partial charge in [0.2, 0.25) is 0 Å². The maximum atomic E-state index is 12.8. The Hall–Kier alpha value is -3.30. The predicted molar refractivity (Wildman–Crippen MR) is 82.4 cm³/mol. The molecule has 0 saturated heterocycles. The zero-order valence-electron chi connectivity index (χ0n) is 12.4. The highest BCUT2D eigenvalue weighted by Crippen LogP contribution is 2.35. The number of benzene rings is 1. The summed E-state index contributed by atoms with van der Waals surface area (Å²) in [6, 6.07) is 7.34. The van der Waals surface area contributed by atoms with Crippen LogP contribution >= 0.6 is 0 Å². The molecule has 25 heavy (non-hydrogen) atoms. The zero-order chi connectivity index (χ0) is 17.6. The molecule has 1 aliphatic rings. The van der Waals surface area contributed by atoms with Gasteiger partial charge >= 0.3 is 11.9 Å². The third-order valence-electron chi connectivity index (χ3n) is 3.72. The van der Waals surface area contributed by atoms with Crippen LogP contribution in [0.2, 0.25) is 0 Å². The van der Waals surface area contributed by atoms with Crippen molar-refractivity contribution < 1.29 is 17.7 Å². The number of alkyl halides is 3. The average Bonchev–Trinajstić information content (AvgIpc) is 2.91. The molecule has 0 spiro atoms. The van der Waals surface area contributed by atoms with Gasteiger partial charge in [0.15, 0.2) is 5.82 Å². The average molecular weight is 349 g/mol. The summed E-state index contributed by atoms with van der Waals surface area (Å²) in [4.78, 5) is 17.2. The normalized spacial score (nSPS) is 13.2. The summed E-state index contributed by atoms with van der Waals surface area (Å²) in [5.41, 5.74) is 1.42. The van der Waals surface area contributed by atoms with Crippen LogP contribution in [0.25, 0.3) is 11.4 Å². The molecule has 1 aliphatic heterocycles. The van der Waals surface area contributed by atoms with Gasteiger partial charge in [-0.1, -0.05) is 11.2 Å². The summed E-state index contributed by atoms with van der Waals surface area (Å²) >= 11 is 0. The van der Waals surface area contributed by atoms with Crippen LogP contribution in [0.4, 0.5) is 30.4 Å². The smallest absolute Gasteiger partial charge is 0.379 e. The molecule has 1 aromatic carbocycles. The van der Waals surface area contributed by atoms with E-state index in [1.54, 1.807) is 18.2 Å². The van der Waals surface area contributed by atoms with Crippen molar-refractivity contribution in [2.75, 3.05) is 10.6 Å². The molecule has 0 saturated carbocycles. The number of hydrogen-bond donors (Lipinski definition) is 3. The Balaban J connectivity index is 1.72. The van der Waals surface area contributed by atoms with Gasteiger partial charge in [0, 0.05) is 17.7 Å². The number of fused-ring (bicyclic) bond motifs is 2. The number of anilines is 3. The highest BCUT2D eigenvalue weighted by Gasteiger charge is 2.33. The molecule has 0 bridgehead atoms. The maximum Gasteiger partial charge on any atom is 0.439 e. The molecule has 3 heterocycles. The van der Waals surface area contributed by atoms with Crippen molar-refractivity contribution >= 4 is 17.2 Å². The minimum Gasteiger partial charge on any atom is -0.379 e. The molecule has 0 amide bonds. The minimum atomic E-state index is -4.51. The Bertz CT molecular complexity index is 1010. The Morgan fingerprint density at radius 3 is 2.68 bits per heavy atom. The molecule has 3 N–H and O–H groups in total. The monoisotopic (exact) mass is 349 g/mol. The van der Waals surface area contributed by atoms with Gasteiger partial charge in [-0.15, -0.1) is 0 Å². The van der Waals surface area contributed by atoms with E-state index in [0.29, 0.717) is 29.0 Å². The van der Waals surface area contributed by atoms with Crippen LogP contribution in [-0.2, 0) is 12.7 Å². The van der Waals surface area contributed by atoms with Gasteiger partial charge in [0.1, 0.15) is 11.5 Å². The van der Waals surface area contributed by atoms with Gasteiger partial charge in [0.25, 0.3) is 0 Å². The first-order valence-corrected chi connectivity index (χ1v) is 7.18. The first-order chi connectivity index (χ1) is 11.9. The van der Waals surface area contributed by atoms with Crippen molar-refractivity contribution in [3.05, 3.63) is 52.1 Å². The van der Waals surface area contributed by atoms with Crippen LogP contribution in [-0.4, -0.2) is 15.1 Å². The second kappa shape index (κ2) is 5.36. The number of halogens is 3. The van der Waals surface area contributed by atoms with Crippen LogP contribution in [0.15, 0.2) is 39.6 Å². The SMILES string of the molecule is O=c1[nH]c(-c2ccc3c(c2)NCc2ccc(C(F)(F)F)nc2N3)no1. The molecule has 0 unspecified atom stereocenters. The summed E-state index contributed by atoms with van der Waals surface area (Å²) in [5, 5.41) is 9.64. The highest BCUT2D eigenvalue weighted by atomic mass is 19.4. The van der Waals surface area contributed by atoms with Crippen LogP contribution in [0.5, 0.6) is 0 Å². The second-order valence-corrected chi connectivity index (χ2v) is 5.38. The number of H-pyrrole nitrogens is 1. The summed E-state index contributed by atoms with van der Waals surface area (Å²) in [5.74, 6) is -0.273. The number of nitrogens with zero attached hydrogens (tertiary/aromatic N) is 2. The van der Waals surface area contributed by atoms with Crippen LogP contribution < -0.4 is 16.4 Å². The van der Waals surface area contributed by atoms with Gasteiger partial charge in [0.05, 0.1) is 11.4 Å². The van der Waals surface area contributed by atoms with Gasteiger partial charge < -0.3 is 10.6 Å². The molecule has 0 aliphatic carbocycles. The molecule has 0 fully saturated rings. The van der Waals surface area contributed by atoms with Gasteiger partial charge in [-0.25, -0.2) is 9.78 Å². The highest BCUT2D eigenvalue weighted by molar-refractivity contribution is 5.80. The molecular weight excluding hydrogens is 339 g/mol. The van der Waals surface area contributed by atoms with E-state index in [0.717, 1.165) is 6.07 Å². The summed E-state index contributed by atoms with van der Waals surface area (Å²) in [6.45, 7) is 0.291. The fourth-order valence-corrected chi connectivity index (χ4v) is 2.52. The molecule has 7 nitrogen and oxygen atoms in total. The van der Waals surface area contributed by atoms with Gasteiger partial charge in [-0.3, -0.25) is 9.51 Å². The number of pyridine rings is 1. The number of aromatic amines is 1. The summed E-state index contributed by atoms with van der Waals surface area (Å²) in [6.07, 6.45) is -4.51. The lowest BCUT2D eigenvalue weighted by atomic mass is 10.1. The fourth-order valence-electron chi connectivity index (χ4n) is 2.52. The molecule has 128 valence electrons. The largest absolute Gasteiger partial charge is 0.439 e. The van der Waals surface area contributed by atoms with Crippen molar-refractivity contribution in [2.45, 2.75) is 12.7 Å². The van der Waals surface area contributed by atoms with Crippen molar-refractivity contribution in [1.29, 1.82) is 0 Å². The summed E-state index contributed by atoms with van der Waals surface area (Å²) in [7, 11) is 0. The van der Waals surface area contributed by atoms with E-state index in [-0.39, 0.29) is 11.6 Å². The first kappa shape index (κ1) is 15.2. The number of rotatable bonds is 1. The molecule has 2 aromatic heterocycles.